The molecular weight excluding hydrogens is 209 g/mol. The summed E-state index contributed by atoms with van der Waals surface area (Å²) >= 11 is 0. The van der Waals surface area contributed by atoms with Gasteiger partial charge in [0.15, 0.2) is 0 Å². The first-order chi connectivity index (χ1) is 7.70. The predicted octanol–water partition coefficient (Wildman–Crippen LogP) is 1.30. The lowest BCUT2D eigenvalue weighted by atomic mass is 10.1. The van der Waals surface area contributed by atoms with E-state index in [0.29, 0.717) is 11.7 Å². The van der Waals surface area contributed by atoms with Crippen molar-refractivity contribution in [2.75, 3.05) is 6.61 Å². The third kappa shape index (κ3) is 2.71. The molecule has 3 N–H and O–H groups in total. The number of rotatable bonds is 5. The molecule has 1 saturated carbocycles. The smallest absolute Gasteiger partial charge is 0.137 e. The maximum Gasteiger partial charge on any atom is 0.137 e. The maximum atomic E-state index is 12.7. The Kier molecular flexibility index (Phi) is 3.41. The molecule has 88 valence electrons. The second kappa shape index (κ2) is 4.80. The lowest BCUT2D eigenvalue weighted by molar-refractivity contribution is 0.0882. The molecule has 2 unspecified atom stereocenters. The van der Waals surface area contributed by atoms with E-state index >= 15 is 0 Å². The SMILES string of the molecule is NC(C1CC1)C(CO)Oc1ccc(F)cc1. The minimum Gasteiger partial charge on any atom is -0.486 e. The number of hydrogen-bond donors (Lipinski definition) is 2. The number of nitrogens with two attached hydrogens (primary N) is 1. The van der Waals surface area contributed by atoms with E-state index in [4.69, 9.17) is 10.5 Å². The molecule has 2 atom stereocenters. The molecule has 0 heterocycles. The zero-order valence-electron chi connectivity index (χ0n) is 8.97. The van der Waals surface area contributed by atoms with E-state index in [1.165, 1.54) is 24.3 Å². The first-order valence-electron chi connectivity index (χ1n) is 5.49. The number of aliphatic hydroxyl groups is 1. The Balaban J connectivity index is 1.97. The zero-order chi connectivity index (χ0) is 11.5. The van der Waals surface area contributed by atoms with Gasteiger partial charge in [0.05, 0.1) is 6.61 Å². The number of aliphatic hydroxyl groups excluding tert-OH is 1. The number of hydrogen-bond acceptors (Lipinski definition) is 3. The van der Waals surface area contributed by atoms with E-state index in [1.807, 2.05) is 0 Å². The molecule has 1 aliphatic rings. The molecule has 1 aromatic carbocycles. The highest BCUT2D eigenvalue weighted by Gasteiger charge is 2.34. The predicted molar refractivity (Wildman–Crippen MR) is 58.6 cm³/mol. The second-order valence-electron chi connectivity index (χ2n) is 4.21. The van der Waals surface area contributed by atoms with Gasteiger partial charge in [-0.15, -0.1) is 0 Å². The van der Waals surface area contributed by atoms with Crippen LogP contribution in [0.25, 0.3) is 0 Å². The van der Waals surface area contributed by atoms with Gasteiger partial charge in [-0.2, -0.15) is 0 Å². The van der Waals surface area contributed by atoms with Crippen LogP contribution in [0.3, 0.4) is 0 Å². The van der Waals surface area contributed by atoms with E-state index in [0.717, 1.165) is 12.8 Å². The number of halogens is 1. The fraction of sp³-hybridized carbons (Fsp3) is 0.500. The highest BCUT2D eigenvalue weighted by Crippen LogP contribution is 2.33. The van der Waals surface area contributed by atoms with Gasteiger partial charge in [-0.3, -0.25) is 0 Å². The van der Waals surface area contributed by atoms with Crippen LogP contribution in [0.15, 0.2) is 24.3 Å². The largest absolute Gasteiger partial charge is 0.486 e. The quantitative estimate of drug-likeness (QED) is 0.794. The van der Waals surface area contributed by atoms with E-state index in [2.05, 4.69) is 0 Å². The molecule has 1 aromatic rings. The monoisotopic (exact) mass is 225 g/mol. The van der Waals surface area contributed by atoms with Crippen molar-refractivity contribution >= 4 is 0 Å². The van der Waals surface area contributed by atoms with Crippen LogP contribution in [0.5, 0.6) is 5.75 Å². The van der Waals surface area contributed by atoms with Crippen LogP contribution in [0.4, 0.5) is 4.39 Å². The Morgan fingerprint density at radius 1 is 1.38 bits per heavy atom. The minimum atomic E-state index is -0.405. The third-order valence-electron chi connectivity index (χ3n) is 2.88. The number of benzene rings is 1. The van der Waals surface area contributed by atoms with Crippen LogP contribution in [0.2, 0.25) is 0 Å². The minimum absolute atomic E-state index is 0.116. The van der Waals surface area contributed by atoms with Crippen LogP contribution < -0.4 is 10.5 Å². The van der Waals surface area contributed by atoms with Crippen molar-refractivity contribution in [1.29, 1.82) is 0 Å². The normalized spacial score (nSPS) is 19.2. The first-order valence-corrected chi connectivity index (χ1v) is 5.49. The Morgan fingerprint density at radius 2 is 2.00 bits per heavy atom. The van der Waals surface area contributed by atoms with Crippen LogP contribution >= 0.6 is 0 Å². The standard InChI is InChI=1S/C12H16FNO2/c13-9-3-5-10(6-4-9)16-11(7-15)12(14)8-1-2-8/h3-6,8,11-12,15H,1-2,7,14H2. The maximum absolute atomic E-state index is 12.7. The molecule has 1 fully saturated rings. The molecular formula is C12H16FNO2. The molecule has 1 aliphatic carbocycles. The van der Waals surface area contributed by atoms with Gasteiger partial charge in [0.1, 0.15) is 17.7 Å². The van der Waals surface area contributed by atoms with Gasteiger partial charge in [-0.1, -0.05) is 0 Å². The molecule has 3 nitrogen and oxygen atoms in total. The fourth-order valence-corrected chi connectivity index (χ4v) is 1.71. The summed E-state index contributed by atoms with van der Waals surface area (Å²) in [5.74, 6) is 0.688. The summed E-state index contributed by atoms with van der Waals surface area (Å²) in [6.45, 7) is -0.116. The summed E-state index contributed by atoms with van der Waals surface area (Å²) in [4.78, 5) is 0. The van der Waals surface area contributed by atoms with Gasteiger partial charge < -0.3 is 15.6 Å². The van der Waals surface area contributed by atoms with Crippen molar-refractivity contribution in [2.24, 2.45) is 11.7 Å². The average Bonchev–Trinajstić information content (AvgIpc) is 3.11. The molecule has 0 amide bonds. The summed E-state index contributed by atoms with van der Waals surface area (Å²) in [6.07, 6.45) is 1.80. The van der Waals surface area contributed by atoms with Crippen molar-refractivity contribution in [3.8, 4) is 5.75 Å². The van der Waals surface area contributed by atoms with Gasteiger partial charge in [0.2, 0.25) is 0 Å². The Hall–Kier alpha value is -1.13. The molecule has 16 heavy (non-hydrogen) atoms. The molecule has 2 rings (SSSR count). The summed E-state index contributed by atoms with van der Waals surface area (Å²) < 4.78 is 18.2. The zero-order valence-corrected chi connectivity index (χ0v) is 8.97. The molecule has 0 saturated heterocycles. The van der Waals surface area contributed by atoms with Crippen LogP contribution in [-0.4, -0.2) is 23.9 Å². The fourth-order valence-electron chi connectivity index (χ4n) is 1.71. The van der Waals surface area contributed by atoms with Gasteiger partial charge >= 0.3 is 0 Å². The highest BCUT2D eigenvalue weighted by molar-refractivity contribution is 5.22. The molecule has 0 spiro atoms. The summed E-state index contributed by atoms with van der Waals surface area (Å²) in [5.41, 5.74) is 5.95. The third-order valence-corrected chi connectivity index (χ3v) is 2.88. The van der Waals surface area contributed by atoms with Gasteiger partial charge in [-0.25, -0.2) is 4.39 Å². The number of ether oxygens (including phenoxy) is 1. The molecule has 0 bridgehead atoms. The van der Waals surface area contributed by atoms with Crippen LogP contribution in [-0.2, 0) is 0 Å². The van der Waals surface area contributed by atoms with Crippen molar-refractivity contribution in [1.82, 2.24) is 0 Å². The molecule has 0 aromatic heterocycles. The summed E-state index contributed by atoms with van der Waals surface area (Å²) in [6, 6.07) is 5.59. The van der Waals surface area contributed by atoms with Gasteiger partial charge in [0.25, 0.3) is 0 Å². The van der Waals surface area contributed by atoms with Crippen molar-refractivity contribution in [2.45, 2.75) is 25.0 Å². The van der Waals surface area contributed by atoms with Crippen molar-refractivity contribution < 1.29 is 14.2 Å². The first kappa shape index (κ1) is 11.4. The second-order valence-corrected chi connectivity index (χ2v) is 4.21. The summed E-state index contributed by atoms with van der Waals surface area (Å²) in [7, 11) is 0. The topological polar surface area (TPSA) is 55.5 Å². The molecule has 4 heteroatoms. The van der Waals surface area contributed by atoms with E-state index < -0.39 is 6.10 Å². The van der Waals surface area contributed by atoms with Crippen LogP contribution in [0.1, 0.15) is 12.8 Å². The van der Waals surface area contributed by atoms with Gasteiger partial charge in [0, 0.05) is 6.04 Å². The van der Waals surface area contributed by atoms with E-state index in [-0.39, 0.29) is 18.5 Å². The van der Waals surface area contributed by atoms with Crippen molar-refractivity contribution in [3.63, 3.8) is 0 Å². The van der Waals surface area contributed by atoms with E-state index in [1.54, 1.807) is 0 Å². The van der Waals surface area contributed by atoms with Gasteiger partial charge in [-0.05, 0) is 43.0 Å². The highest BCUT2D eigenvalue weighted by atomic mass is 19.1. The molecule has 0 aliphatic heterocycles. The lowest BCUT2D eigenvalue weighted by Gasteiger charge is -2.23. The Bertz CT molecular complexity index is 337. The lowest BCUT2D eigenvalue weighted by Crippen LogP contribution is -2.43. The Morgan fingerprint density at radius 3 is 2.50 bits per heavy atom. The van der Waals surface area contributed by atoms with E-state index in [9.17, 15) is 9.50 Å². The Labute approximate surface area is 94.0 Å². The summed E-state index contributed by atoms with van der Waals surface area (Å²) in [5, 5.41) is 9.21. The van der Waals surface area contributed by atoms with Crippen molar-refractivity contribution in [3.05, 3.63) is 30.1 Å². The average molecular weight is 225 g/mol. The molecule has 0 radical (unpaired) electrons. The van der Waals surface area contributed by atoms with Crippen LogP contribution in [0, 0.1) is 11.7 Å².